The molecule has 2 nitrogen and oxygen atoms in total. The van der Waals surface area contributed by atoms with Crippen molar-refractivity contribution in [3.63, 3.8) is 0 Å². The van der Waals surface area contributed by atoms with E-state index >= 15 is 0 Å². The average molecular weight is 196 g/mol. The van der Waals surface area contributed by atoms with Gasteiger partial charge in [-0.3, -0.25) is 0 Å². The molecule has 0 N–H and O–H groups in total. The Labute approximate surface area is 83.4 Å². The van der Waals surface area contributed by atoms with Crippen LogP contribution in [0.25, 0.3) is 0 Å². The topological polar surface area (TPSA) is 25.8 Å². The van der Waals surface area contributed by atoms with Crippen molar-refractivity contribution in [3.8, 4) is 0 Å². The zero-order valence-electron chi connectivity index (χ0n) is 8.50. The van der Waals surface area contributed by atoms with Gasteiger partial charge in [0.2, 0.25) is 0 Å². The van der Waals surface area contributed by atoms with Crippen molar-refractivity contribution in [3.05, 3.63) is 10.0 Å². The van der Waals surface area contributed by atoms with Crippen LogP contribution in [0.2, 0.25) is 0 Å². The van der Waals surface area contributed by atoms with Crippen LogP contribution in [-0.2, 0) is 6.42 Å². The largest absolute Gasteiger partial charge is 0.144 e. The highest BCUT2D eigenvalue weighted by molar-refractivity contribution is 7.11. The SMILES string of the molecule is CC(C)(C)Cc1nnc(C2CC2)s1. The number of hydrogen-bond donors (Lipinski definition) is 0. The molecule has 13 heavy (non-hydrogen) atoms. The summed E-state index contributed by atoms with van der Waals surface area (Å²) >= 11 is 1.81. The van der Waals surface area contributed by atoms with E-state index in [1.54, 1.807) is 0 Å². The third-order valence-electron chi connectivity index (χ3n) is 2.09. The lowest BCUT2D eigenvalue weighted by atomic mass is 9.93. The molecule has 2 rings (SSSR count). The summed E-state index contributed by atoms with van der Waals surface area (Å²) in [5.41, 5.74) is 0.334. The van der Waals surface area contributed by atoms with E-state index in [0.29, 0.717) is 5.41 Å². The van der Waals surface area contributed by atoms with Gasteiger partial charge in [0.15, 0.2) is 0 Å². The Kier molecular flexibility index (Phi) is 2.14. The molecule has 0 amide bonds. The Bertz CT molecular complexity index is 294. The van der Waals surface area contributed by atoms with E-state index in [1.807, 2.05) is 11.3 Å². The second-order valence-corrected chi connectivity index (χ2v) is 6.14. The van der Waals surface area contributed by atoms with Crippen LogP contribution < -0.4 is 0 Å². The first-order valence-corrected chi connectivity index (χ1v) is 5.68. The lowest BCUT2D eigenvalue weighted by Gasteiger charge is -2.14. The van der Waals surface area contributed by atoms with Gasteiger partial charge in [0.25, 0.3) is 0 Å². The molecule has 72 valence electrons. The highest BCUT2D eigenvalue weighted by atomic mass is 32.1. The predicted molar refractivity (Wildman–Crippen MR) is 55.0 cm³/mol. The zero-order valence-corrected chi connectivity index (χ0v) is 9.32. The lowest BCUT2D eigenvalue weighted by molar-refractivity contribution is 0.409. The van der Waals surface area contributed by atoms with Crippen molar-refractivity contribution in [1.82, 2.24) is 10.2 Å². The molecule has 3 heteroatoms. The molecule has 1 heterocycles. The van der Waals surface area contributed by atoms with E-state index in [0.717, 1.165) is 12.3 Å². The van der Waals surface area contributed by atoms with E-state index in [9.17, 15) is 0 Å². The fourth-order valence-electron chi connectivity index (χ4n) is 1.29. The Balaban J connectivity index is 2.04. The third-order valence-corrected chi connectivity index (χ3v) is 3.18. The van der Waals surface area contributed by atoms with Gasteiger partial charge >= 0.3 is 0 Å². The molecule has 1 aliphatic carbocycles. The number of aromatic nitrogens is 2. The fourth-order valence-corrected chi connectivity index (χ4v) is 2.60. The van der Waals surface area contributed by atoms with Crippen LogP contribution in [0.15, 0.2) is 0 Å². The van der Waals surface area contributed by atoms with Gasteiger partial charge in [-0.2, -0.15) is 0 Å². The van der Waals surface area contributed by atoms with Gasteiger partial charge in [0, 0.05) is 12.3 Å². The lowest BCUT2D eigenvalue weighted by Crippen LogP contribution is -2.08. The fraction of sp³-hybridized carbons (Fsp3) is 0.800. The van der Waals surface area contributed by atoms with Gasteiger partial charge in [-0.05, 0) is 18.3 Å². The molecule has 1 aromatic heterocycles. The predicted octanol–water partition coefficient (Wildman–Crippen LogP) is 3.00. The summed E-state index contributed by atoms with van der Waals surface area (Å²) in [5, 5.41) is 10.9. The molecule has 1 saturated carbocycles. The molecule has 0 atom stereocenters. The summed E-state index contributed by atoms with van der Waals surface area (Å²) in [7, 11) is 0. The molecule has 1 aliphatic rings. The molecule has 0 radical (unpaired) electrons. The minimum atomic E-state index is 0.334. The quantitative estimate of drug-likeness (QED) is 0.726. The van der Waals surface area contributed by atoms with Crippen molar-refractivity contribution >= 4 is 11.3 Å². The van der Waals surface area contributed by atoms with Gasteiger partial charge < -0.3 is 0 Å². The number of rotatable bonds is 2. The first kappa shape index (κ1) is 9.13. The van der Waals surface area contributed by atoms with Crippen LogP contribution in [0.4, 0.5) is 0 Å². The third kappa shape index (κ3) is 2.50. The molecule has 0 unspecified atom stereocenters. The minimum absolute atomic E-state index is 0.334. The Morgan fingerprint density at radius 2 is 2.00 bits per heavy atom. The Morgan fingerprint density at radius 1 is 1.31 bits per heavy atom. The maximum atomic E-state index is 4.23. The highest BCUT2D eigenvalue weighted by Crippen LogP contribution is 2.41. The molecule has 0 saturated heterocycles. The van der Waals surface area contributed by atoms with Crippen LogP contribution in [0, 0.1) is 5.41 Å². The van der Waals surface area contributed by atoms with E-state index in [4.69, 9.17) is 0 Å². The van der Waals surface area contributed by atoms with Crippen molar-refractivity contribution in [2.45, 2.75) is 46.0 Å². The van der Waals surface area contributed by atoms with Crippen molar-refractivity contribution in [2.75, 3.05) is 0 Å². The Hall–Kier alpha value is -0.440. The Morgan fingerprint density at radius 3 is 2.54 bits per heavy atom. The highest BCUT2D eigenvalue weighted by Gasteiger charge is 2.28. The maximum Gasteiger partial charge on any atom is 0.120 e. The second kappa shape index (κ2) is 3.05. The second-order valence-electron chi connectivity index (χ2n) is 5.05. The van der Waals surface area contributed by atoms with Crippen LogP contribution in [-0.4, -0.2) is 10.2 Å². The van der Waals surface area contributed by atoms with Gasteiger partial charge in [0.1, 0.15) is 10.0 Å². The molecule has 1 aromatic rings. The first-order chi connectivity index (χ1) is 6.04. The van der Waals surface area contributed by atoms with E-state index in [2.05, 4.69) is 31.0 Å². The van der Waals surface area contributed by atoms with Crippen molar-refractivity contribution in [2.24, 2.45) is 5.41 Å². The summed E-state index contributed by atoms with van der Waals surface area (Å²) in [6.45, 7) is 6.72. The summed E-state index contributed by atoms with van der Waals surface area (Å²) in [5.74, 6) is 0.756. The average Bonchev–Trinajstić information content (AvgIpc) is 2.72. The summed E-state index contributed by atoms with van der Waals surface area (Å²) in [4.78, 5) is 0. The maximum absolute atomic E-state index is 4.23. The summed E-state index contributed by atoms with van der Waals surface area (Å²) < 4.78 is 0. The molecule has 0 spiro atoms. The summed E-state index contributed by atoms with van der Waals surface area (Å²) in [6, 6.07) is 0. The molecule has 1 fully saturated rings. The van der Waals surface area contributed by atoms with Crippen LogP contribution in [0.1, 0.15) is 49.5 Å². The van der Waals surface area contributed by atoms with Gasteiger partial charge in [-0.25, -0.2) is 0 Å². The van der Waals surface area contributed by atoms with Crippen molar-refractivity contribution < 1.29 is 0 Å². The number of hydrogen-bond acceptors (Lipinski definition) is 3. The molecule has 0 aliphatic heterocycles. The normalized spacial score (nSPS) is 17.8. The monoisotopic (exact) mass is 196 g/mol. The number of nitrogens with zero attached hydrogens (tertiary/aromatic N) is 2. The van der Waals surface area contributed by atoms with E-state index < -0.39 is 0 Å². The van der Waals surface area contributed by atoms with Crippen LogP contribution in [0.3, 0.4) is 0 Å². The smallest absolute Gasteiger partial charge is 0.120 e. The molecular weight excluding hydrogens is 180 g/mol. The van der Waals surface area contributed by atoms with Crippen molar-refractivity contribution in [1.29, 1.82) is 0 Å². The van der Waals surface area contributed by atoms with Crippen LogP contribution >= 0.6 is 11.3 Å². The standard InChI is InChI=1S/C10H16N2S/c1-10(2,3)6-8-11-12-9(13-8)7-4-5-7/h7H,4-6H2,1-3H3. The summed E-state index contributed by atoms with van der Waals surface area (Å²) in [6.07, 6.45) is 3.70. The molecule has 0 aromatic carbocycles. The first-order valence-electron chi connectivity index (χ1n) is 4.87. The van der Waals surface area contributed by atoms with Gasteiger partial charge in [-0.15, -0.1) is 21.5 Å². The van der Waals surface area contributed by atoms with Gasteiger partial charge in [0.05, 0.1) is 0 Å². The zero-order chi connectivity index (χ0) is 9.47. The molecular formula is C10H16N2S. The van der Waals surface area contributed by atoms with Gasteiger partial charge in [-0.1, -0.05) is 20.8 Å². The molecule has 0 bridgehead atoms. The van der Waals surface area contributed by atoms with Crippen LogP contribution in [0.5, 0.6) is 0 Å². The van der Waals surface area contributed by atoms with E-state index in [1.165, 1.54) is 22.9 Å². The minimum Gasteiger partial charge on any atom is -0.144 e. The van der Waals surface area contributed by atoms with E-state index in [-0.39, 0.29) is 0 Å².